The molecule has 0 aliphatic heterocycles. The molecule has 0 saturated heterocycles. The van der Waals surface area contributed by atoms with Gasteiger partial charge >= 0.3 is 17.9 Å². The molecule has 1 N–H and O–H groups in total. The highest BCUT2D eigenvalue weighted by Gasteiger charge is 2.30. The van der Waals surface area contributed by atoms with Crippen LogP contribution < -0.4 is 0 Å². The molecule has 0 aromatic carbocycles. The van der Waals surface area contributed by atoms with Crippen molar-refractivity contribution in [2.45, 2.75) is 6.42 Å². The maximum Gasteiger partial charge on any atom is 0.320 e. The molecule has 0 heterocycles. The lowest BCUT2D eigenvalue weighted by molar-refractivity contribution is -0.161. The Bertz CT molecular complexity index is 221. The zero-order valence-electron chi connectivity index (χ0n) is 7.27. The SMILES string of the molecule is COC(=O)CC(C(=O)O)C(=O)OC. The molecule has 0 saturated carbocycles. The normalized spacial score (nSPS) is 11.5. The van der Waals surface area contributed by atoms with E-state index in [1.54, 1.807) is 0 Å². The summed E-state index contributed by atoms with van der Waals surface area (Å²) in [6.45, 7) is 0. The standard InChI is InChI=1S/C7H10O6/c1-12-5(8)3-4(6(9)10)7(11)13-2/h4H,3H2,1-2H3,(H,9,10). The van der Waals surface area contributed by atoms with Crippen LogP contribution >= 0.6 is 0 Å². The Morgan fingerprint density at radius 2 is 1.77 bits per heavy atom. The average molecular weight is 190 g/mol. The summed E-state index contributed by atoms with van der Waals surface area (Å²) in [5, 5.41) is 8.51. The van der Waals surface area contributed by atoms with E-state index in [4.69, 9.17) is 5.11 Å². The van der Waals surface area contributed by atoms with Crippen LogP contribution in [0.4, 0.5) is 0 Å². The van der Waals surface area contributed by atoms with Gasteiger partial charge in [0.25, 0.3) is 0 Å². The van der Waals surface area contributed by atoms with Gasteiger partial charge < -0.3 is 14.6 Å². The Morgan fingerprint density at radius 1 is 1.23 bits per heavy atom. The van der Waals surface area contributed by atoms with Crippen molar-refractivity contribution in [2.24, 2.45) is 5.92 Å². The van der Waals surface area contributed by atoms with E-state index in [-0.39, 0.29) is 0 Å². The summed E-state index contributed by atoms with van der Waals surface area (Å²) in [7, 11) is 2.16. The van der Waals surface area contributed by atoms with Crippen LogP contribution in [0.15, 0.2) is 0 Å². The molecule has 0 fully saturated rings. The Labute approximate surface area is 74.4 Å². The van der Waals surface area contributed by atoms with Crippen LogP contribution in [0.2, 0.25) is 0 Å². The Morgan fingerprint density at radius 3 is 2.08 bits per heavy atom. The number of carbonyl (C=O) groups is 3. The molecule has 6 heteroatoms. The molecule has 0 aliphatic rings. The lowest BCUT2D eigenvalue weighted by atomic mass is 10.1. The van der Waals surface area contributed by atoms with Crippen LogP contribution in [0.25, 0.3) is 0 Å². The minimum absolute atomic E-state index is 0.515. The summed E-state index contributed by atoms with van der Waals surface area (Å²) in [6, 6.07) is 0. The number of hydrogen-bond acceptors (Lipinski definition) is 5. The van der Waals surface area contributed by atoms with Gasteiger partial charge in [-0.1, -0.05) is 0 Å². The van der Waals surface area contributed by atoms with Crippen LogP contribution in [0.3, 0.4) is 0 Å². The van der Waals surface area contributed by atoms with E-state index in [0.29, 0.717) is 0 Å². The lowest BCUT2D eigenvalue weighted by Gasteiger charge is -2.07. The molecule has 6 nitrogen and oxygen atoms in total. The molecular formula is C7H10O6. The van der Waals surface area contributed by atoms with Crippen molar-refractivity contribution in [1.82, 2.24) is 0 Å². The molecule has 0 bridgehead atoms. The fourth-order valence-electron chi connectivity index (χ4n) is 0.664. The molecule has 0 rings (SSSR count). The maximum absolute atomic E-state index is 10.8. The number of carboxylic acids is 1. The summed E-state index contributed by atoms with van der Waals surface area (Å²) in [5.74, 6) is -4.62. The Kier molecular flexibility index (Phi) is 4.50. The average Bonchev–Trinajstić information content (AvgIpc) is 2.11. The highest BCUT2D eigenvalue weighted by molar-refractivity contribution is 5.97. The number of aliphatic carboxylic acids is 1. The maximum atomic E-state index is 10.8. The number of carboxylic acid groups (broad SMARTS) is 1. The number of hydrogen-bond donors (Lipinski definition) is 1. The summed E-state index contributed by atoms with van der Waals surface area (Å²) in [5.41, 5.74) is 0. The topological polar surface area (TPSA) is 89.9 Å². The van der Waals surface area contributed by atoms with Crippen molar-refractivity contribution in [2.75, 3.05) is 14.2 Å². The largest absolute Gasteiger partial charge is 0.481 e. The second kappa shape index (κ2) is 5.13. The van der Waals surface area contributed by atoms with Crippen LogP contribution in [0.5, 0.6) is 0 Å². The number of rotatable bonds is 4. The minimum Gasteiger partial charge on any atom is -0.481 e. The molecule has 0 radical (unpaired) electrons. The molecule has 0 aliphatic carbocycles. The van der Waals surface area contributed by atoms with Gasteiger partial charge in [-0.2, -0.15) is 0 Å². The minimum atomic E-state index is -1.49. The Balaban J connectivity index is 4.35. The molecule has 74 valence electrons. The first-order chi connectivity index (χ1) is 6.02. The van der Waals surface area contributed by atoms with E-state index < -0.39 is 30.2 Å². The quantitative estimate of drug-likeness (QED) is 0.471. The predicted octanol–water partition coefficient (Wildman–Crippen LogP) is -0.577. The molecule has 0 spiro atoms. The van der Waals surface area contributed by atoms with E-state index in [1.807, 2.05) is 0 Å². The van der Waals surface area contributed by atoms with Gasteiger partial charge in [0.1, 0.15) is 0 Å². The van der Waals surface area contributed by atoms with Crippen molar-refractivity contribution in [3.05, 3.63) is 0 Å². The highest BCUT2D eigenvalue weighted by atomic mass is 16.5. The molecule has 1 atom stereocenters. The van der Waals surface area contributed by atoms with Gasteiger partial charge in [-0.15, -0.1) is 0 Å². The van der Waals surface area contributed by atoms with Gasteiger partial charge in [-0.3, -0.25) is 14.4 Å². The zero-order chi connectivity index (χ0) is 10.4. The van der Waals surface area contributed by atoms with E-state index >= 15 is 0 Å². The van der Waals surface area contributed by atoms with Gasteiger partial charge in [-0.05, 0) is 0 Å². The lowest BCUT2D eigenvalue weighted by Crippen LogP contribution is -2.27. The van der Waals surface area contributed by atoms with E-state index in [2.05, 4.69) is 9.47 Å². The van der Waals surface area contributed by atoms with Crippen LogP contribution in [0, 0.1) is 5.92 Å². The first-order valence-corrected chi connectivity index (χ1v) is 3.40. The second-order valence-corrected chi connectivity index (χ2v) is 2.19. The molecule has 0 aromatic rings. The summed E-state index contributed by atoms with van der Waals surface area (Å²) < 4.78 is 8.41. The molecule has 13 heavy (non-hydrogen) atoms. The smallest absolute Gasteiger partial charge is 0.320 e. The molecule has 0 aromatic heterocycles. The molecule has 1 unspecified atom stereocenters. The third kappa shape index (κ3) is 3.55. The van der Waals surface area contributed by atoms with Gasteiger partial charge in [0.2, 0.25) is 0 Å². The van der Waals surface area contributed by atoms with Crippen LogP contribution in [-0.4, -0.2) is 37.2 Å². The molecular weight excluding hydrogens is 180 g/mol. The van der Waals surface area contributed by atoms with Gasteiger partial charge in [0.05, 0.1) is 20.6 Å². The van der Waals surface area contributed by atoms with Gasteiger partial charge in [0.15, 0.2) is 5.92 Å². The fraction of sp³-hybridized carbons (Fsp3) is 0.571. The second-order valence-electron chi connectivity index (χ2n) is 2.19. The van der Waals surface area contributed by atoms with Crippen molar-refractivity contribution in [3.8, 4) is 0 Å². The zero-order valence-corrected chi connectivity index (χ0v) is 7.27. The van der Waals surface area contributed by atoms with E-state index in [0.717, 1.165) is 14.2 Å². The van der Waals surface area contributed by atoms with Crippen LogP contribution in [-0.2, 0) is 23.9 Å². The summed E-state index contributed by atoms with van der Waals surface area (Å²) >= 11 is 0. The third-order valence-corrected chi connectivity index (χ3v) is 1.38. The van der Waals surface area contributed by atoms with Crippen molar-refractivity contribution in [3.63, 3.8) is 0 Å². The van der Waals surface area contributed by atoms with Crippen molar-refractivity contribution >= 4 is 17.9 Å². The predicted molar refractivity (Wildman–Crippen MR) is 39.8 cm³/mol. The number of carbonyl (C=O) groups excluding carboxylic acids is 2. The number of methoxy groups -OCH3 is 2. The highest BCUT2D eigenvalue weighted by Crippen LogP contribution is 2.06. The summed E-state index contributed by atoms with van der Waals surface area (Å²) in [4.78, 5) is 31.9. The van der Waals surface area contributed by atoms with Crippen LogP contribution in [0.1, 0.15) is 6.42 Å². The van der Waals surface area contributed by atoms with Crippen molar-refractivity contribution < 1.29 is 29.0 Å². The van der Waals surface area contributed by atoms with Gasteiger partial charge in [-0.25, -0.2) is 0 Å². The third-order valence-electron chi connectivity index (χ3n) is 1.38. The number of esters is 2. The van der Waals surface area contributed by atoms with E-state index in [1.165, 1.54) is 0 Å². The monoisotopic (exact) mass is 190 g/mol. The first-order valence-electron chi connectivity index (χ1n) is 3.40. The van der Waals surface area contributed by atoms with E-state index in [9.17, 15) is 14.4 Å². The fourth-order valence-corrected chi connectivity index (χ4v) is 0.664. The van der Waals surface area contributed by atoms with Crippen molar-refractivity contribution in [1.29, 1.82) is 0 Å². The Hall–Kier alpha value is -1.59. The summed E-state index contributed by atoms with van der Waals surface area (Å²) in [6.07, 6.45) is -0.515. The molecule has 0 amide bonds. The first kappa shape index (κ1) is 11.4. The number of ether oxygens (including phenoxy) is 2. The van der Waals surface area contributed by atoms with Gasteiger partial charge in [0, 0.05) is 0 Å².